The van der Waals surface area contributed by atoms with Gasteiger partial charge in [0.05, 0.1) is 22.7 Å². The molecule has 4 nitrogen and oxygen atoms in total. The minimum atomic E-state index is -0.643. The van der Waals surface area contributed by atoms with Crippen LogP contribution in [0.1, 0.15) is 33.2 Å². The maximum Gasteiger partial charge on any atom is 0.341 e. The van der Waals surface area contributed by atoms with Crippen LogP contribution in [0, 0.1) is 0 Å². The van der Waals surface area contributed by atoms with Crippen molar-refractivity contribution < 1.29 is 19.1 Å². The van der Waals surface area contributed by atoms with Gasteiger partial charge in [0.15, 0.2) is 5.78 Å². The number of rotatable bonds is 5. The van der Waals surface area contributed by atoms with Gasteiger partial charge in [-0.2, -0.15) is 0 Å². The summed E-state index contributed by atoms with van der Waals surface area (Å²) in [4.78, 5) is 23.6. The van der Waals surface area contributed by atoms with Gasteiger partial charge in [-0.1, -0.05) is 29.3 Å². The Kier molecular flexibility index (Phi) is 5.64. The van der Waals surface area contributed by atoms with Gasteiger partial charge in [-0.05, 0) is 37.3 Å². The first-order valence-electron chi connectivity index (χ1n) is 6.73. The van der Waals surface area contributed by atoms with E-state index in [0.29, 0.717) is 16.9 Å². The molecule has 0 N–H and O–H groups in total. The maximum atomic E-state index is 12.2. The van der Waals surface area contributed by atoms with Crippen molar-refractivity contribution in [1.82, 2.24) is 0 Å². The molecular formula is C17H14Cl2O4. The van der Waals surface area contributed by atoms with Crippen LogP contribution in [0.4, 0.5) is 0 Å². The van der Waals surface area contributed by atoms with Crippen LogP contribution in [0.2, 0.25) is 10.0 Å². The van der Waals surface area contributed by atoms with Crippen LogP contribution in [-0.4, -0.2) is 18.9 Å². The second kappa shape index (κ2) is 7.49. The molecule has 23 heavy (non-hydrogen) atoms. The third kappa shape index (κ3) is 4.03. The Morgan fingerprint density at radius 1 is 1.09 bits per heavy atom. The van der Waals surface area contributed by atoms with Crippen molar-refractivity contribution in [2.75, 3.05) is 7.11 Å². The third-order valence-corrected chi connectivity index (χ3v) is 3.84. The Morgan fingerprint density at radius 3 is 2.30 bits per heavy atom. The summed E-state index contributed by atoms with van der Waals surface area (Å²) < 4.78 is 10.5. The van der Waals surface area contributed by atoms with E-state index >= 15 is 0 Å². The summed E-state index contributed by atoms with van der Waals surface area (Å²) in [5.74, 6) is -0.210. The normalized spacial score (nSPS) is 10.3. The zero-order valence-electron chi connectivity index (χ0n) is 12.6. The van der Waals surface area contributed by atoms with Crippen LogP contribution in [0.5, 0.6) is 5.75 Å². The van der Waals surface area contributed by atoms with Gasteiger partial charge in [-0.15, -0.1) is 0 Å². The fourth-order valence-electron chi connectivity index (χ4n) is 2.02. The van der Waals surface area contributed by atoms with E-state index < -0.39 is 5.97 Å². The monoisotopic (exact) mass is 352 g/mol. The molecule has 0 aromatic heterocycles. The zero-order valence-corrected chi connectivity index (χ0v) is 14.1. The lowest BCUT2D eigenvalue weighted by Gasteiger charge is -2.11. The smallest absolute Gasteiger partial charge is 0.341 e. The Morgan fingerprint density at radius 2 is 1.74 bits per heavy atom. The second-order valence-corrected chi connectivity index (χ2v) is 5.57. The van der Waals surface area contributed by atoms with Gasteiger partial charge in [0, 0.05) is 11.1 Å². The van der Waals surface area contributed by atoms with Crippen molar-refractivity contribution in [3.8, 4) is 5.75 Å². The largest absolute Gasteiger partial charge is 0.496 e. The van der Waals surface area contributed by atoms with Gasteiger partial charge in [0.2, 0.25) is 0 Å². The van der Waals surface area contributed by atoms with E-state index in [0.717, 1.165) is 0 Å². The van der Waals surface area contributed by atoms with Crippen LogP contribution in [0.15, 0.2) is 36.4 Å². The third-order valence-electron chi connectivity index (χ3n) is 3.21. The predicted octanol–water partition coefficient (Wildman–Crippen LogP) is 4.56. The summed E-state index contributed by atoms with van der Waals surface area (Å²) in [6.45, 7) is 1.39. The zero-order chi connectivity index (χ0) is 17.0. The molecule has 0 spiro atoms. The number of Topliss-reactive ketones (excluding diaryl/α,β-unsaturated/α-hetero) is 1. The number of carbonyl (C=O) groups is 2. The Balaban J connectivity index is 2.22. The van der Waals surface area contributed by atoms with Crippen LogP contribution < -0.4 is 4.74 Å². The minimum absolute atomic E-state index is 0.0648. The van der Waals surface area contributed by atoms with Gasteiger partial charge < -0.3 is 9.47 Å². The highest BCUT2D eigenvalue weighted by molar-refractivity contribution is 6.39. The van der Waals surface area contributed by atoms with Crippen LogP contribution in [0.3, 0.4) is 0 Å². The van der Waals surface area contributed by atoms with E-state index in [2.05, 4.69) is 0 Å². The molecule has 0 radical (unpaired) electrons. The molecule has 2 aromatic carbocycles. The minimum Gasteiger partial charge on any atom is -0.496 e. The topological polar surface area (TPSA) is 52.6 Å². The van der Waals surface area contributed by atoms with E-state index in [1.807, 2.05) is 0 Å². The Bertz CT molecular complexity index is 736. The molecule has 0 fully saturated rings. The summed E-state index contributed by atoms with van der Waals surface area (Å²) >= 11 is 12.0. The van der Waals surface area contributed by atoms with Crippen molar-refractivity contribution in [3.05, 3.63) is 63.1 Å². The number of methoxy groups -OCH3 is 1. The summed E-state index contributed by atoms with van der Waals surface area (Å²) in [5.41, 5.74) is 1.20. The van der Waals surface area contributed by atoms with Crippen LogP contribution >= 0.6 is 23.2 Å². The van der Waals surface area contributed by atoms with Gasteiger partial charge in [0.1, 0.15) is 12.4 Å². The first kappa shape index (κ1) is 17.3. The number of halogens is 2. The first-order chi connectivity index (χ1) is 10.9. The highest BCUT2D eigenvalue weighted by Gasteiger charge is 2.17. The quantitative estimate of drug-likeness (QED) is 0.584. The van der Waals surface area contributed by atoms with Crippen molar-refractivity contribution in [2.45, 2.75) is 13.5 Å². The Hall–Kier alpha value is -2.04. The summed E-state index contributed by atoms with van der Waals surface area (Å²) in [5, 5.41) is 0.430. The molecule has 6 heteroatoms. The van der Waals surface area contributed by atoms with E-state index in [1.54, 1.807) is 36.4 Å². The molecule has 0 aliphatic rings. The van der Waals surface area contributed by atoms with Crippen molar-refractivity contribution in [2.24, 2.45) is 0 Å². The highest BCUT2D eigenvalue weighted by Crippen LogP contribution is 2.26. The van der Waals surface area contributed by atoms with Crippen molar-refractivity contribution >= 4 is 35.0 Å². The SMILES string of the molecule is COc1ccc(C(C)=O)cc1COC(=O)c1c(Cl)cccc1Cl. The molecule has 2 aromatic rings. The number of esters is 1. The lowest BCUT2D eigenvalue weighted by Crippen LogP contribution is -2.08. The van der Waals surface area contributed by atoms with Gasteiger partial charge in [-0.25, -0.2) is 4.79 Å². The summed E-state index contributed by atoms with van der Waals surface area (Å²) in [6.07, 6.45) is 0. The van der Waals surface area contributed by atoms with E-state index in [9.17, 15) is 9.59 Å². The highest BCUT2D eigenvalue weighted by atomic mass is 35.5. The average Bonchev–Trinajstić information content (AvgIpc) is 2.52. The fourth-order valence-corrected chi connectivity index (χ4v) is 2.57. The number of ketones is 1. The summed E-state index contributed by atoms with van der Waals surface area (Å²) in [6, 6.07) is 9.69. The van der Waals surface area contributed by atoms with Crippen molar-refractivity contribution in [3.63, 3.8) is 0 Å². The molecule has 0 unspecified atom stereocenters. The molecule has 0 amide bonds. The lowest BCUT2D eigenvalue weighted by molar-refractivity contribution is 0.0470. The number of hydrogen-bond acceptors (Lipinski definition) is 4. The molecule has 120 valence electrons. The molecule has 0 saturated carbocycles. The predicted molar refractivity (Wildman–Crippen MR) is 88.6 cm³/mol. The van der Waals surface area contributed by atoms with Crippen LogP contribution in [0.25, 0.3) is 0 Å². The summed E-state index contributed by atoms with van der Waals surface area (Å²) in [7, 11) is 1.50. The molecule has 2 rings (SSSR count). The number of benzene rings is 2. The molecule has 0 heterocycles. The lowest BCUT2D eigenvalue weighted by atomic mass is 10.1. The molecule has 0 aliphatic carbocycles. The standard InChI is InChI=1S/C17H14Cl2O4/c1-10(20)11-6-7-15(22-2)12(8-11)9-23-17(21)16-13(18)4-3-5-14(16)19/h3-8H,9H2,1-2H3. The maximum absolute atomic E-state index is 12.2. The second-order valence-electron chi connectivity index (χ2n) is 4.76. The molecule has 0 bridgehead atoms. The molecule has 0 aliphatic heterocycles. The number of ether oxygens (including phenoxy) is 2. The van der Waals surface area contributed by atoms with Gasteiger partial charge in [-0.3, -0.25) is 4.79 Å². The van der Waals surface area contributed by atoms with Gasteiger partial charge in [0.25, 0.3) is 0 Å². The van der Waals surface area contributed by atoms with Crippen LogP contribution in [-0.2, 0) is 11.3 Å². The Labute approximate surface area is 143 Å². The molecule has 0 saturated heterocycles. The average molecular weight is 353 g/mol. The van der Waals surface area contributed by atoms with E-state index in [-0.39, 0.29) is 28.0 Å². The fraction of sp³-hybridized carbons (Fsp3) is 0.176. The van der Waals surface area contributed by atoms with Crippen molar-refractivity contribution in [1.29, 1.82) is 0 Å². The van der Waals surface area contributed by atoms with E-state index in [4.69, 9.17) is 32.7 Å². The molecular weight excluding hydrogens is 339 g/mol. The first-order valence-corrected chi connectivity index (χ1v) is 7.48. The van der Waals surface area contributed by atoms with E-state index in [1.165, 1.54) is 14.0 Å². The van der Waals surface area contributed by atoms with Gasteiger partial charge >= 0.3 is 5.97 Å². The number of carbonyl (C=O) groups excluding carboxylic acids is 2. The molecule has 0 atom stereocenters. The number of hydrogen-bond donors (Lipinski definition) is 0.